The maximum Gasteiger partial charge on any atom is 0.344 e. The van der Waals surface area contributed by atoms with Gasteiger partial charge in [-0.25, -0.2) is 14.4 Å². The molecule has 0 saturated heterocycles. The summed E-state index contributed by atoms with van der Waals surface area (Å²) in [6, 6.07) is 0. The molecule has 0 fully saturated rings. The van der Waals surface area contributed by atoms with Gasteiger partial charge in [-0.05, 0) is 32.3 Å². The minimum Gasteiger partial charge on any atom is -0.462 e. The maximum absolute atomic E-state index is 11.3. The first-order chi connectivity index (χ1) is 8.13. The first-order valence-corrected chi connectivity index (χ1v) is 5.36. The van der Waals surface area contributed by atoms with E-state index >= 15 is 0 Å². The zero-order chi connectivity index (χ0) is 13.1. The van der Waals surface area contributed by atoms with Crippen molar-refractivity contribution in [3.63, 3.8) is 0 Å². The molecule has 0 aliphatic heterocycles. The second kappa shape index (κ2) is 9.36. The third kappa shape index (κ3) is 7.09. The summed E-state index contributed by atoms with van der Waals surface area (Å²) in [5.74, 6) is 0.125. The van der Waals surface area contributed by atoms with Gasteiger partial charge in [-0.1, -0.05) is 6.58 Å². The van der Waals surface area contributed by atoms with Crippen LogP contribution in [0.25, 0.3) is 0 Å². The monoisotopic (exact) mass is 240 g/mol. The predicted octanol–water partition coefficient (Wildman–Crippen LogP) is 1.21. The highest BCUT2D eigenvalue weighted by molar-refractivity contribution is 6.13. The lowest BCUT2D eigenvalue weighted by atomic mass is 10.2. The molecule has 0 aromatic carbocycles. The summed E-state index contributed by atoms with van der Waals surface area (Å²) < 4.78 is 9.40. The largest absolute Gasteiger partial charge is 0.462 e. The van der Waals surface area contributed by atoms with Gasteiger partial charge < -0.3 is 9.47 Å². The number of rotatable bonds is 8. The summed E-state index contributed by atoms with van der Waals surface area (Å²) in [6.45, 7) is 5.30. The van der Waals surface area contributed by atoms with Crippen LogP contribution in [0.4, 0.5) is 0 Å². The number of hydrogen-bond donors (Lipinski definition) is 0. The summed E-state index contributed by atoms with van der Waals surface area (Å²) in [5, 5.41) is 0. The quantitative estimate of drug-likeness (QED) is 0.159. The fourth-order valence-electron chi connectivity index (χ4n) is 0.961. The van der Waals surface area contributed by atoms with Gasteiger partial charge in [0.25, 0.3) is 0 Å². The van der Waals surface area contributed by atoms with E-state index in [0.29, 0.717) is 19.3 Å². The molecule has 17 heavy (non-hydrogen) atoms. The fraction of sp³-hybridized carbons (Fsp3) is 0.500. The van der Waals surface area contributed by atoms with E-state index in [1.165, 1.54) is 6.08 Å². The van der Waals surface area contributed by atoms with Crippen molar-refractivity contribution < 1.29 is 23.9 Å². The van der Waals surface area contributed by atoms with Crippen LogP contribution in [0.15, 0.2) is 18.2 Å². The third-order valence-corrected chi connectivity index (χ3v) is 1.83. The topological polar surface area (TPSA) is 69.7 Å². The number of unbranched alkanes of at least 4 members (excludes halogenated alkanes) is 2. The van der Waals surface area contributed by atoms with Crippen molar-refractivity contribution in [3.8, 4) is 0 Å². The Kier molecular flexibility index (Phi) is 8.33. The van der Waals surface area contributed by atoms with Gasteiger partial charge in [0, 0.05) is 0 Å². The Hall–Kier alpha value is -1.87. The molecule has 0 aromatic heterocycles. The van der Waals surface area contributed by atoms with Gasteiger partial charge in [-0.3, -0.25) is 0 Å². The molecule has 0 spiro atoms. The summed E-state index contributed by atoms with van der Waals surface area (Å²) in [7, 11) is 0. The minimum atomic E-state index is -0.769. The second-order valence-corrected chi connectivity index (χ2v) is 3.15. The molecule has 0 N–H and O–H groups in total. The van der Waals surface area contributed by atoms with Gasteiger partial charge >= 0.3 is 11.9 Å². The molecule has 94 valence electrons. The fourth-order valence-corrected chi connectivity index (χ4v) is 0.961. The SMILES string of the molecule is C=C(C(=O)OCC)C(=O)OCCCCC=C=O. The predicted molar refractivity (Wildman–Crippen MR) is 60.8 cm³/mol. The molecule has 0 bridgehead atoms. The van der Waals surface area contributed by atoms with Crippen LogP contribution in [0.1, 0.15) is 26.2 Å². The van der Waals surface area contributed by atoms with Crippen molar-refractivity contribution in [2.45, 2.75) is 26.2 Å². The molecule has 0 rings (SSSR count). The van der Waals surface area contributed by atoms with Crippen molar-refractivity contribution in [3.05, 3.63) is 18.2 Å². The lowest BCUT2D eigenvalue weighted by Gasteiger charge is -2.05. The number of allylic oxidation sites excluding steroid dienone is 1. The smallest absolute Gasteiger partial charge is 0.344 e. The van der Waals surface area contributed by atoms with Crippen LogP contribution in [0.5, 0.6) is 0 Å². The van der Waals surface area contributed by atoms with Crippen molar-refractivity contribution in [1.29, 1.82) is 0 Å². The van der Waals surface area contributed by atoms with Gasteiger partial charge in [0.2, 0.25) is 0 Å². The number of carbonyl (C=O) groups is 2. The van der Waals surface area contributed by atoms with Crippen LogP contribution in [0.3, 0.4) is 0 Å². The Morgan fingerprint density at radius 1 is 1.24 bits per heavy atom. The number of esters is 2. The van der Waals surface area contributed by atoms with E-state index in [4.69, 9.17) is 4.74 Å². The van der Waals surface area contributed by atoms with Crippen LogP contribution in [0, 0.1) is 0 Å². The maximum atomic E-state index is 11.3. The van der Waals surface area contributed by atoms with E-state index in [-0.39, 0.29) is 18.8 Å². The van der Waals surface area contributed by atoms with Crippen molar-refractivity contribution in [2.24, 2.45) is 0 Å². The first kappa shape index (κ1) is 15.1. The molecule has 0 aliphatic rings. The summed E-state index contributed by atoms with van der Waals surface area (Å²) in [5.41, 5.74) is -0.306. The van der Waals surface area contributed by atoms with Crippen LogP contribution in [-0.4, -0.2) is 31.1 Å². The molecular formula is C12H16O5. The van der Waals surface area contributed by atoms with E-state index < -0.39 is 11.9 Å². The lowest BCUT2D eigenvalue weighted by Crippen LogP contribution is -2.17. The van der Waals surface area contributed by atoms with E-state index in [0.717, 1.165) is 0 Å². The van der Waals surface area contributed by atoms with Crippen LogP contribution in [-0.2, 0) is 23.9 Å². The Balaban J connectivity index is 3.75. The highest BCUT2D eigenvalue weighted by Gasteiger charge is 2.17. The molecule has 5 heteroatoms. The Morgan fingerprint density at radius 2 is 1.88 bits per heavy atom. The van der Waals surface area contributed by atoms with Gasteiger partial charge in [0.1, 0.15) is 11.5 Å². The van der Waals surface area contributed by atoms with Crippen molar-refractivity contribution >= 4 is 17.9 Å². The Labute approximate surface area is 100 Å². The van der Waals surface area contributed by atoms with E-state index in [1.54, 1.807) is 12.9 Å². The number of hydrogen-bond acceptors (Lipinski definition) is 5. The molecule has 0 atom stereocenters. The van der Waals surface area contributed by atoms with Gasteiger partial charge in [-0.15, -0.1) is 0 Å². The molecule has 0 heterocycles. The third-order valence-electron chi connectivity index (χ3n) is 1.83. The summed E-state index contributed by atoms with van der Waals surface area (Å²) >= 11 is 0. The van der Waals surface area contributed by atoms with Gasteiger partial charge in [0.15, 0.2) is 0 Å². The average Bonchev–Trinajstić information content (AvgIpc) is 2.32. The summed E-state index contributed by atoms with van der Waals surface area (Å²) in [4.78, 5) is 32.2. The first-order valence-electron chi connectivity index (χ1n) is 5.36. The highest BCUT2D eigenvalue weighted by Crippen LogP contribution is 2.01. The molecule has 0 aromatic rings. The lowest BCUT2D eigenvalue weighted by molar-refractivity contribution is -0.146. The van der Waals surface area contributed by atoms with Crippen LogP contribution >= 0.6 is 0 Å². The zero-order valence-corrected chi connectivity index (χ0v) is 9.86. The van der Waals surface area contributed by atoms with Gasteiger partial charge in [0.05, 0.1) is 13.2 Å². The molecular weight excluding hydrogens is 224 g/mol. The molecule has 0 unspecified atom stereocenters. The molecule has 5 nitrogen and oxygen atoms in total. The number of carbonyl (C=O) groups excluding carboxylic acids is 3. The standard InChI is InChI=1S/C12H16O5/c1-3-16-11(14)10(2)12(15)17-9-7-5-4-6-8-13/h6H,2-5,7,9H2,1H3. The Bertz CT molecular complexity index is 326. The van der Waals surface area contributed by atoms with Crippen LogP contribution < -0.4 is 0 Å². The average molecular weight is 240 g/mol. The zero-order valence-electron chi connectivity index (χ0n) is 9.86. The molecule has 0 amide bonds. The van der Waals surface area contributed by atoms with Gasteiger partial charge in [-0.2, -0.15) is 0 Å². The van der Waals surface area contributed by atoms with Crippen molar-refractivity contribution in [1.82, 2.24) is 0 Å². The number of ether oxygens (including phenoxy) is 2. The summed E-state index contributed by atoms with van der Waals surface area (Å²) in [6.07, 6.45) is 3.30. The van der Waals surface area contributed by atoms with E-state index in [1.807, 2.05) is 0 Å². The molecule has 0 radical (unpaired) electrons. The molecule has 0 aliphatic carbocycles. The van der Waals surface area contributed by atoms with E-state index in [9.17, 15) is 14.4 Å². The van der Waals surface area contributed by atoms with Crippen molar-refractivity contribution in [2.75, 3.05) is 13.2 Å². The van der Waals surface area contributed by atoms with Crippen LogP contribution in [0.2, 0.25) is 0 Å². The Morgan fingerprint density at radius 3 is 2.47 bits per heavy atom. The normalized spacial score (nSPS) is 9.00. The second-order valence-electron chi connectivity index (χ2n) is 3.15. The molecule has 0 saturated carbocycles. The highest BCUT2D eigenvalue weighted by atomic mass is 16.6. The van der Waals surface area contributed by atoms with E-state index in [2.05, 4.69) is 11.3 Å². The minimum absolute atomic E-state index is 0.184.